The van der Waals surface area contributed by atoms with E-state index in [0.29, 0.717) is 11.3 Å². The molecule has 3 N–H and O–H groups in total. The molecule has 0 aliphatic rings. The van der Waals surface area contributed by atoms with Crippen LogP contribution in [0.2, 0.25) is 0 Å². The summed E-state index contributed by atoms with van der Waals surface area (Å²) in [6.07, 6.45) is 2.89. The van der Waals surface area contributed by atoms with Gasteiger partial charge in [-0.05, 0) is 43.7 Å². The Morgan fingerprint density at radius 2 is 2.05 bits per heavy atom. The number of aromatic nitrogens is 1. The van der Waals surface area contributed by atoms with Crippen molar-refractivity contribution in [1.82, 2.24) is 9.71 Å². The van der Waals surface area contributed by atoms with E-state index in [1.54, 1.807) is 30.3 Å². The minimum absolute atomic E-state index is 0.0739. The van der Waals surface area contributed by atoms with Gasteiger partial charge in [-0.25, -0.2) is 18.1 Å². The van der Waals surface area contributed by atoms with Gasteiger partial charge >= 0.3 is 0 Å². The highest BCUT2D eigenvalue weighted by Gasteiger charge is 2.17. The predicted molar refractivity (Wildman–Crippen MR) is 85.5 cm³/mol. The molecule has 21 heavy (non-hydrogen) atoms. The Morgan fingerprint density at radius 1 is 1.29 bits per heavy atom. The number of hydrogen-bond acceptors (Lipinski definition) is 4. The van der Waals surface area contributed by atoms with Gasteiger partial charge < -0.3 is 5.73 Å². The summed E-state index contributed by atoms with van der Waals surface area (Å²) >= 11 is 0. The first kappa shape index (κ1) is 15.7. The minimum atomic E-state index is -3.50. The summed E-state index contributed by atoms with van der Waals surface area (Å²) in [5.41, 5.74) is 6.31. The number of nitrogen functional groups attached to an aromatic ring is 1. The Balaban J connectivity index is 2.25. The van der Waals surface area contributed by atoms with E-state index in [1.165, 1.54) is 0 Å². The number of fused-ring (bicyclic) bond motifs is 1. The molecule has 114 valence electrons. The molecule has 0 fully saturated rings. The quantitative estimate of drug-likeness (QED) is 0.859. The summed E-state index contributed by atoms with van der Waals surface area (Å²) in [6, 6.07) is 8.22. The smallest absolute Gasteiger partial charge is 0.240 e. The van der Waals surface area contributed by atoms with Gasteiger partial charge in [0.2, 0.25) is 10.0 Å². The summed E-state index contributed by atoms with van der Waals surface area (Å²) in [4.78, 5) is 4.42. The van der Waals surface area contributed by atoms with Crippen LogP contribution in [0, 0.1) is 0 Å². The fraction of sp³-hybridized carbons (Fsp3) is 0.400. The van der Waals surface area contributed by atoms with Crippen LogP contribution in [0.4, 0.5) is 5.82 Å². The average Bonchev–Trinajstić information content (AvgIpc) is 2.44. The number of nitrogens with zero attached hydrogens (tertiary/aromatic N) is 1. The van der Waals surface area contributed by atoms with Crippen molar-refractivity contribution in [3.8, 4) is 0 Å². The van der Waals surface area contributed by atoms with Crippen LogP contribution in [-0.2, 0) is 10.0 Å². The molecule has 0 aliphatic heterocycles. The molecule has 2 rings (SSSR count). The highest BCUT2D eigenvalue weighted by atomic mass is 32.2. The molecular weight excluding hydrogens is 286 g/mol. The summed E-state index contributed by atoms with van der Waals surface area (Å²) < 4.78 is 27.4. The van der Waals surface area contributed by atoms with Crippen molar-refractivity contribution in [2.24, 2.45) is 0 Å². The third-order valence-corrected chi connectivity index (χ3v) is 4.93. The molecule has 0 amide bonds. The fourth-order valence-electron chi connectivity index (χ4n) is 2.19. The lowest BCUT2D eigenvalue weighted by atomic mass is 10.2. The van der Waals surface area contributed by atoms with E-state index in [2.05, 4.69) is 16.6 Å². The van der Waals surface area contributed by atoms with Gasteiger partial charge in [0.25, 0.3) is 0 Å². The molecule has 1 unspecified atom stereocenters. The van der Waals surface area contributed by atoms with Gasteiger partial charge in [-0.15, -0.1) is 0 Å². The van der Waals surface area contributed by atoms with Gasteiger partial charge in [-0.1, -0.05) is 19.8 Å². The molecule has 1 aromatic carbocycles. The monoisotopic (exact) mass is 307 g/mol. The van der Waals surface area contributed by atoms with Crippen molar-refractivity contribution in [3.63, 3.8) is 0 Å². The van der Waals surface area contributed by atoms with E-state index < -0.39 is 10.0 Å². The Kier molecular flexibility index (Phi) is 4.80. The molecule has 6 heteroatoms. The van der Waals surface area contributed by atoms with E-state index >= 15 is 0 Å². The lowest BCUT2D eigenvalue weighted by Gasteiger charge is -2.14. The van der Waals surface area contributed by atoms with Crippen molar-refractivity contribution < 1.29 is 8.42 Å². The zero-order valence-electron chi connectivity index (χ0n) is 12.3. The molecule has 1 aromatic heterocycles. The second-order valence-corrected chi connectivity index (χ2v) is 6.97. The zero-order chi connectivity index (χ0) is 15.5. The lowest BCUT2D eigenvalue weighted by molar-refractivity contribution is 0.534. The maximum Gasteiger partial charge on any atom is 0.240 e. The van der Waals surface area contributed by atoms with Crippen LogP contribution in [0.25, 0.3) is 10.9 Å². The van der Waals surface area contributed by atoms with Crippen molar-refractivity contribution >= 4 is 26.7 Å². The van der Waals surface area contributed by atoms with E-state index in [9.17, 15) is 8.42 Å². The third kappa shape index (κ3) is 3.92. The average molecular weight is 307 g/mol. The first-order valence-electron chi connectivity index (χ1n) is 7.11. The van der Waals surface area contributed by atoms with E-state index in [1.807, 2.05) is 6.92 Å². The van der Waals surface area contributed by atoms with Gasteiger partial charge in [0.05, 0.1) is 10.4 Å². The second-order valence-electron chi connectivity index (χ2n) is 5.26. The predicted octanol–water partition coefficient (Wildman–Crippen LogP) is 2.67. The summed E-state index contributed by atoms with van der Waals surface area (Å²) in [7, 11) is -3.50. The summed E-state index contributed by atoms with van der Waals surface area (Å²) in [5.74, 6) is 0.421. The number of rotatable bonds is 6. The van der Waals surface area contributed by atoms with Crippen LogP contribution in [0.5, 0.6) is 0 Å². The number of unbranched alkanes of at least 4 members (excludes halogenated alkanes) is 1. The molecule has 5 nitrogen and oxygen atoms in total. The van der Waals surface area contributed by atoms with Gasteiger partial charge in [0, 0.05) is 11.4 Å². The SMILES string of the molecule is CCCCC(C)NS(=O)(=O)c1ccc2nc(N)ccc2c1. The molecular formula is C15H21N3O2S. The number of nitrogens with one attached hydrogen (secondary N) is 1. The van der Waals surface area contributed by atoms with Crippen LogP contribution in [-0.4, -0.2) is 19.4 Å². The Labute approximate surface area is 125 Å². The van der Waals surface area contributed by atoms with Crippen molar-refractivity contribution in [2.75, 3.05) is 5.73 Å². The van der Waals surface area contributed by atoms with Gasteiger partial charge in [-0.3, -0.25) is 0 Å². The zero-order valence-corrected chi connectivity index (χ0v) is 13.2. The number of nitrogens with two attached hydrogens (primary N) is 1. The lowest BCUT2D eigenvalue weighted by Crippen LogP contribution is -2.32. The Bertz CT molecular complexity index is 729. The van der Waals surface area contributed by atoms with Crippen LogP contribution in [0.15, 0.2) is 35.2 Å². The van der Waals surface area contributed by atoms with E-state index in [-0.39, 0.29) is 10.9 Å². The standard InChI is InChI=1S/C15H21N3O2S/c1-3-4-5-11(2)18-21(19,20)13-7-8-14-12(10-13)6-9-15(16)17-14/h6-11,18H,3-5H2,1-2H3,(H2,16,17). The molecule has 1 atom stereocenters. The third-order valence-electron chi connectivity index (χ3n) is 3.34. The fourth-order valence-corrected chi connectivity index (χ4v) is 3.50. The molecule has 0 saturated carbocycles. The van der Waals surface area contributed by atoms with Crippen molar-refractivity contribution in [3.05, 3.63) is 30.3 Å². The van der Waals surface area contributed by atoms with Crippen LogP contribution in [0.1, 0.15) is 33.1 Å². The molecule has 0 bridgehead atoms. The highest BCUT2D eigenvalue weighted by Crippen LogP contribution is 2.19. The van der Waals surface area contributed by atoms with Crippen LogP contribution < -0.4 is 10.5 Å². The van der Waals surface area contributed by atoms with Crippen LogP contribution in [0.3, 0.4) is 0 Å². The topological polar surface area (TPSA) is 85.1 Å². The van der Waals surface area contributed by atoms with Gasteiger partial charge in [0.1, 0.15) is 5.82 Å². The summed E-state index contributed by atoms with van der Waals surface area (Å²) in [5, 5.41) is 0.758. The molecule has 2 aromatic rings. The normalized spacial score (nSPS) is 13.4. The van der Waals surface area contributed by atoms with Crippen LogP contribution >= 0.6 is 0 Å². The van der Waals surface area contributed by atoms with Crippen molar-refractivity contribution in [2.45, 2.75) is 44.0 Å². The second kappa shape index (κ2) is 6.41. The van der Waals surface area contributed by atoms with E-state index in [4.69, 9.17) is 5.73 Å². The molecule has 0 saturated heterocycles. The minimum Gasteiger partial charge on any atom is -0.384 e. The first-order valence-corrected chi connectivity index (χ1v) is 8.59. The number of benzene rings is 1. The molecule has 0 spiro atoms. The number of sulfonamides is 1. The molecule has 0 radical (unpaired) electrons. The maximum absolute atomic E-state index is 12.4. The largest absolute Gasteiger partial charge is 0.384 e. The maximum atomic E-state index is 12.4. The first-order chi connectivity index (χ1) is 9.92. The molecule has 1 heterocycles. The van der Waals surface area contributed by atoms with E-state index in [0.717, 1.165) is 24.6 Å². The van der Waals surface area contributed by atoms with Gasteiger partial charge in [0.15, 0.2) is 0 Å². The van der Waals surface area contributed by atoms with Crippen molar-refractivity contribution in [1.29, 1.82) is 0 Å². The number of anilines is 1. The molecule has 0 aliphatic carbocycles. The van der Waals surface area contributed by atoms with Gasteiger partial charge in [-0.2, -0.15) is 0 Å². The summed E-state index contributed by atoms with van der Waals surface area (Å²) in [6.45, 7) is 3.97. The number of hydrogen-bond donors (Lipinski definition) is 2. The Hall–Kier alpha value is -1.66. The number of pyridine rings is 1. The highest BCUT2D eigenvalue weighted by molar-refractivity contribution is 7.89. The Morgan fingerprint density at radius 3 is 2.76 bits per heavy atom.